The molecule has 0 unspecified atom stereocenters. The van der Waals surface area contributed by atoms with Crippen LogP contribution >= 0.6 is 0 Å². The van der Waals surface area contributed by atoms with Crippen LogP contribution in [0.4, 0.5) is 5.69 Å². The first kappa shape index (κ1) is 14.1. The summed E-state index contributed by atoms with van der Waals surface area (Å²) >= 11 is 0. The van der Waals surface area contributed by atoms with Crippen molar-refractivity contribution in [1.29, 1.82) is 0 Å². The van der Waals surface area contributed by atoms with Gasteiger partial charge in [-0.1, -0.05) is 0 Å². The van der Waals surface area contributed by atoms with Crippen LogP contribution in [0.1, 0.15) is 18.6 Å². The number of carbonyl (C=O) groups is 1. The molecule has 1 aromatic rings. The Balaban J connectivity index is 2.31. The summed E-state index contributed by atoms with van der Waals surface area (Å²) in [5.74, 6) is -0.401. The highest BCUT2D eigenvalue weighted by Crippen LogP contribution is 2.29. The third-order valence-corrected chi connectivity index (χ3v) is 3.02. The van der Waals surface area contributed by atoms with Gasteiger partial charge in [0.1, 0.15) is 6.10 Å². The summed E-state index contributed by atoms with van der Waals surface area (Å²) in [6.45, 7) is 1.48. The van der Waals surface area contributed by atoms with Gasteiger partial charge in [-0.2, -0.15) is 0 Å². The van der Waals surface area contributed by atoms with E-state index in [9.17, 15) is 25.1 Å². The van der Waals surface area contributed by atoms with Crippen molar-refractivity contribution in [3.63, 3.8) is 0 Å². The zero-order valence-electron chi connectivity index (χ0n) is 10.7. The quantitative estimate of drug-likeness (QED) is 0.642. The maximum atomic E-state index is 11.7. The zero-order chi connectivity index (χ0) is 14.9. The predicted octanol–water partition coefficient (Wildman–Crippen LogP) is 1.44. The Kier molecular flexibility index (Phi) is 3.52. The van der Waals surface area contributed by atoms with Gasteiger partial charge in [-0.3, -0.25) is 14.9 Å². The summed E-state index contributed by atoms with van der Waals surface area (Å²) in [5, 5.41) is 30.6. The minimum Gasteiger partial charge on any atom is -0.384 e. The lowest BCUT2D eigenvalue weighted by molar-refractivity contribution is -0.384. The summed E-state index contributed by atoms with van der Waals surface area (Å²) in [4.78, 5) is 21.7. The molecule has 0 saturated carbocycles. The first-order valence-corrected chi connectivity index (χ1v) is 5.91. The summed E-state index contributed by atoms with van der Waals surface area (Å²) in [5.41, 5.74) is -1.00. The van der Waals surface area contributed by atoms with E-state index in [0.717, 1.165) is 0 Å². The standard InChI is InChI=1S/C14H13NO5/c1-14(18)7-6-12(16)11(8-14)13(17)9-2-4-10(5-3-9)15(19)20/h2-8,13,17-18H,1H3/t13-,14-/m0/s1. The summed E-state index contributed by atoms with van der Waals surface area (Å²) in [6, 6.07) is 5.26. The SMILES string of the molecule is C[C@]1(O)C=CC(=O)C([C@@H](O)c2ccc([N+](=O)[O-])cc2)=C1. The van der Waals surface area contributed by atoms with E-state index in [4.69, 9.17) is 0 Å². The predicted molar refractivity (Wildman–Crippen MR) is 70.9 cm³/mol. The van der Waals surface area contributed by atoms with Crippen LogP contribution in [0, 0.1) is 10.1 Å². The highest BCUT2D eigenvalue weighted by Gasteiger charge is 2.27. The topological polar surface area (TPSA) is 101 Å². The second-order valence-corrected chi connectivity index (χ2v) is 4.77. The van der Waals surface area contributed by atoms with Crippen LogP contribution in [0.15, 0.2) is 48.1 Å². The van der Waals surface area contributed by atoms with Crippen molar-refractivity contribution in [3.05, 3.63) is 63.7 Å². The number of aliphatic hydroxyl groups excluding tert-OH is 1. The highest BCUT2D eigenvalue weighted by atomic mass is 16.6. The number of non-ortho nitro benzene ring substituents is 1. The first-order chi connectivity index (χ1) is 9.30. The van der Waals surface area contributed by atoms with E-state index in [0.29, 0.717) is 5.56 Å². The Morgan fingerprint density at radius 1 is 1.30 bits per heavy atom. The zero-order valence-corrected chi connectivity index (χ0v) is 10.7. The van der Waals surface area contributed by atoms with Gasteiger partial charge in [0.15, 0.2) is 5.78 Å². The Morgan fingerprint density at radius 2 is 1.90 bits per heavy atom. The van der Waals surface area contributed by atoms with Gasteiger partial charge in [0, 0.05) is 17.7 Å². The molecule has 0 fully saturated rings. The van der Waals surface area contributed by atoms with Crippen molar-refractivity contribution in [2.75, 3.05) is 0 Å². The van der Waals surface area contributed by atoms with Crippen LogP contribution in [0.2, 0.25) is 0 Å². The molecule has 6 nitrogen and oxygen atoms in total. The average molecular weight is 275 g/mol. The summed E-state index contributed by atoms with van der Waals surface area (Å²) in [6.07, 6.45) is 2.58. The molecule has 0 aliphatic heterocycles. The molecule has 0 amide bonds. The number of nitro groups is 1. The lowest BCUT2D eigenvalue weighted by Crippen LogP contribution is -2.25. The lowest BCUT2D eigenvalue weighted by atomic mass is 9.88. The van der Waals surface area contributed by atoms with E-state index in [-0.39, 0.29) is 11.3 Å². The van der Waals surface area contributed by atoms with Crippen molar-refractivity contribution < 1.29 is 19.9 Å². The number of hydrogen-bond acceptors (Lipinski definition) is 5. The van der Waals surface area contributed by atoms with E-state index in [1.807, 2.05) is 0 Å². The Morgan fingerprint density at radius 3 is 2.45 bits per heavy atom. The number of nitrogens with zero attached hydrogens (tertiary/aromatic N) is 1. The number of aliphatic hydroxyl groups is 2. The minimum atomic E-state index is -1.30. The number of nitro benzene ring substituents is 1. The van der Waals surface area contributed by atoms with Gasteiger partial charge in [0.25, 0.3) is 5.69 Å². The van der Waals surface area contributed by atoms with Gasteiger partial charge < -0.3 is 10.2 Å². The second kappa shape index (κ2) is 4.99. The van der Waals surface area contributed by atoms with Crippen LogP contribution in [-0.4, -0.2) is 26.5 Å². The molecule has 1 aliphatic rings. The molecule has 0 radical (unpaired) electrons. The average Bonchev–Trinajstić information content (AvgIpc) is 2.41. The molecule has 20 heavy (non-hydrogen) atoms. The van der Waals surface area contributed by atoms with Gasteiger partial charge in [0.05, 0.1) is 10.5 Å². The van der Waals surface area contributed by atoms with Crippen LogP contribution in [-0.2, 0) is 4.79 Å². The fourth-order valence-electron chi connectivity index (χ4n) is 1.95. The molecule has 0 saturated heterocycles. The minimum absolute atomic E-state index is 0.0475. The molecule has 1 aliphatic carbocycles. The number of rotatable bonds is 3. The molecular formula is C14H13NO5. The van der Waals surface area contributed by atoms with Gasteiger partial charge in [-0.25, -0.2) is 0 Å². The monoisotopic (exact) mass is 275 g/mol. The number of allylic oxidation sites excluding steroid dienone is 1. The van der Waals surface area contributed by atoms with E-state index in [2.05, 4.69) is 0 Å². The van der Waals surface area contributed by atoms with Crippen LogP contribution in [0.25, 0.3) is 0 Å². The Bertz CT molecular complexity index is 613. The van der Waals surface area contributed by atoms with Crippen LogP contribution < -0.4 is 0 Å². The molecule has 6 heteroatoms. The molecule has 2 atom stereocenters. The van der Waals surface area contributed by atoms with E-state index in [1.165, 1.54) is 49.4 Å². The number of hydrogen-bond donors (Lipinski definition) is 2. The van der Waals surface area contributed by atoms with Crippen LogP contribution in [0.3, 0.4) is 0 Å². The third-order valence-electron chi connectivity index (χ3n) is 3.02. The normalized spacial score (nSPS) is 23.4. The maximum Gasteiger partial charge on any atom is 0.269 e. The van der Waals surface area contributed by atoms with Gasteiger partial charge in [-0.15, -0.1) is 0 Å². The molecule has 0 heterocycles. The van der Waals surface area contributed by atoms with Crippen molar-refractivity contribution in [2.45, 2.75) is 18.6 Å². The number of ketones is 1. The van der Waals surface area contributed by atoms with E-state index < -0.39 is 22.4 Å². The van der Waals surface area contributed by atoms with Gasteiger partial charge in [0.2, 0.25) is 0 Å². The molecular weight excluding hydrogens is 262 g/mol. The smallest absolute Gasteiger partial charge is 0.269 e. The molecule has 2 N–H and O–H groups in total. The van der Waals surface area contributed by atoms with Crippen molar-refractivity contribution in [1.82, 2.24) is 0 Å². The Labute approximate surface area is 114 Å². The fraction of sp³-hybridized carbons (Fsp3) is 0.214. The number of carbonyl (C=O) groups excluding carboxylic acids is 1. The maximum absolute atomic E-state index is 11.7. The van der Waals surface area contributed by atoms with Crippen LogP contribution in [0.5, 0.6) is 0 Å². The molecule has 0 spiro atoms. The number of benzene rings is 1. The van der Waals surface area contributed by atoms with Crippen molar-refractivity contribution in [2.24, 2.45) is 0 Å². The molecule has 1 aromatic carbocycles. The molecule has 104 valence electrons. The fourth-order valence-corrected chi connectivity index (χ4v) is 1.95. The second-order valence-electron chi connectivity index (χ2n) is 4.77. The van der Waals surface area contributed by atoms with Crippen molar-refractivity contribution in [3.8, 4) is 0 Å². The summed E-state index contributed by atoms with van der Waals surface area (Å²) < 4.78 is 0. The first-order valence-electron chi connectivity index (χ1n) is 5.91. The van der Waals surface area contributed by atoms with Gasteiger partial charge in [-0.05, 0) is 42.8 Å². The molecule has 2 rings (SSSR count). The lowest BCUT2D eigenvalue weighted by Gasteiger charge is -2.23. The third kappa shape index (κ3) is 2.81. The molecule has 0 aromatic heterocycles. The Hall–Kier alpha value is -2.31. The van der Waals surface area contributed by atoms with E-state index in [1.54, 1.807) is 0 Å². The largest absolute Gasteiger partial charge is 0.384 e. The summed E-state index contributed by atoms with van der Waals surface area (Å²) in [7, 11) is 0. The van der Waals surface area contributed by atoms with Crippen molar-refractivity contribution >= 4 is 11.5 Å². The van der Waals surface area contributed by atoms with E-state index >= 15 is 0 Å². The van der Waals surface area contributed by atoms with Gasteiger partial charge >= 0.3 is 0 Å². The molecule has 0 bridgehead atoms. The highest BCUT2D eigenvalue weighted by molar-refractivity contribution is 6.06.